The van der Waals surface area contributed by atoms with Gasteiger partial charge in [0, 0.05) is 61.1 Å². The van der Waals surface area contributed by atoms with E-state index in [4.69, 9.17) is 23.5 Å². The van der Waals surface area contributed by atoms with Gasteiger partial charge in [0.15, 0.2) is 0 Å². The summed E-state index contributed by atoms with van der Waals surface area (Å²) < 4.78 is 19.9. The molecule has 9 heteroatoms. The molecule has 0 saturated heterocycles. The Hall–Kier alpha value is -6.37. The van der Waals surface area contributed by atoms with E-state index < -0.39 is 0 Å². The minimum atomic E-state index is -0.0274. The minimum Gasteiger partial charge on any atom is -0.511 e. The Morgan fingerprint density at radius 1 is 0.722 bits per heavy atom. The molecular weight excluding hydrogens is 854 g/mol. The summed E-state index contributed by atoms with van der Waals surface area (Å²) in [5.74, 6) is 2.63. The van der Waals surface area contributed by atoms with Crippen LogP contribution in [0.15, 0.2) is 141 Å². The summed E-state index contributed by atoms with van der Waals surface area (Å²) in [4.78, 5) is 16.2. The Balaban J connectivity index is 0.00000341. The van der Waals surface area contributed by atoms with Gasteiger partial charge < -0.3 is 28.3 Å². The SMILES string of the molecule is CN1[CH-]N(c2[c-]c(Oc3[c-]c4c(cc3)C3C(=Nc5ccccc53)N4c3ccccn3)c3oc4c(ccc5oc6ccccc6c54)c3c2)c2ccccc21.[Pt]. The molecule has 12 rings (SSSR count). The molecule has 262 valence electrons. The zero-order valence-electron chi connectivity index (χ0n) is 28.6. The van der Waals surface area contributed by atoms with E-state index in [1.807, 2.05) is 67.7 Å². The monoisotopic (exact) mass is 879 g/mol. The summed E-state index contributed by atoms with van der Waals surface area (Å²) in [5.41, 5.74) is 9.97. The van der Waals surface area contributed by atoms with Crippen LogP contribution in [0.3, 0.4) is 0 Å². The third-order valence-corrected chi connectivity index (χ3v) is 10.6. The predicted molar refractivity (Wildman–Crippen MR) is 208 cm³/mol. The van der Waals surface area contributed by atoms with Gasteiger partial charge in [-0.25, -0.2) is 9.98 Å². The molecule has 6 heterocycles. The molecule has 1 unspecified atom stereocenters. The third-order valence-electron chi connectivity index (χ3n) is 10.6. The van der Waals surface area contributed by atoms with Gasteiger partial charge in [0.1, 0.15) is 28.4 Å². The molecule has 0 N–H and O–H groups in total. The van der Waals surface area contributed by atoms with Crippen LogP contribution in [0, 0.1) is 18.8 Å². The van der Waals surface area contributed by atoms with Crippen molar-refractivity contribution < 1.29 is 34.6 Å². The van der Waals surface area contributed by atoms with Gasteiger partial charge in [-0.05, 0) is 61.1 Å². The number of rotatable bonds is 4. The molecule has 0 fully saturated rings. The van der Waals surface area contributed by atoms with E-state index in [1.54, 1.807) is 6.20 Å². The van der Waals surface area contributed by atoms with Crippen LogP contribution in [0.2, 0.25) is 0 Å². The van der Waals surface area contributed by atoms with E-state index in [1.165, 1.54) is 5.56 Å². The number of para-hydroxylation sites is 4. The molecule has 9 aromatic rings. The van der Waals surface area contributed by atoms with E-state index >= 15 is 0 Å². The second kappa shape index (κ2) is 11.6. The van der Waals surface area contributed by atoms with E-state index in [-0.39, 0.29) is 27.0 Å². The van der Waals surface area contributed by atoms with Crippen molar-refractivity contribution in [3.8, 4) is 11.5 Å². The van der Waals surface area contributed by atoms with Crippen molar-refractivity contribution in [2.45, 2.75) is 5.92 Å². The van der Waals surface area contributed by atoms with Gasteiger partial charge in [0.25, 0.3) is 0 Å². The van der Waals surface area contributed by atoms with Crippen molar-refractivity contribution in [1.29, 1.82) is 0 Å². The van der Waals surface area contributed by atoms with Gasteiger partial charge in [-0.1, -0.05) is 71.4 Å². The Bertz CT molecular complexity index is 3030. The topological polar surface area (TPSA) is 70.5 Å². The predicted octanol–water partition coefficient (Wildman–Crippen LogP) is 11.3. The first kappa shape index (κ1) is 31.2. The van der Waals surface area contributed by atoms with Crippen LogP contribution in [0.1, 0.15) is 17.0 Å². The van der Waals surface area contributed by atoms with Crippen LogP contribution >= 0.6 is 0 Å². The molecule has 8 nitrogen and oxygen atoms in total. The maximum Gasteiger partial charge on any atom is 0.139 e. The standard InChI is InChI=1S/C45H26N5O3.Pt/c1-48-25-49(35-14-6-5-13-34(35)48)26-22-32-28-19-20-38-42(31-11-3-7-15-37(31)52-38)44(28)53-43(32)39(23-26)51-27-17-18-30-36(24-27)50(40-16-8-9-21-46-40)45-41(30)29-10-2-4-12-33(29)47-45;/h2-22,25,41H,1H3;/q-3;. The summed E-state index contributed by atoms with van der Waals surface area (Å²) in [6.07, 6.45) is 1.80. The molecule has 6 aromatic carbocycles. The summed E-state index contributed by atoms with van der Waals surface area (Å²) in [7, 11) is 2.05. The number of nitrogens with zero attached hydrogens (tertiary/aromatic N) is 5. The summed E-state index contributed by atoms with van der Waals surface area (Å²) >= 11 is 0. The number of amidine groups is 1. The number of anilines is 5. The number of pyridine rings is 1. The number of hydrogen-bond acceptors (Lipinski definition) is 8. The Morgan fingerprint density at radius 2 is 1.56 bits per heavy atom. The summed E-state index contributed by atoms with van der Waals surface area (Å²) in [5, 5.41) is 3.80. The quantitative estimate of drug-likeness (QED) is 0.163. The Kier molecular flexibility index (Phi) is 6.68. The molecule has 0 spiro atoms. The molecule has 54 heavy (non-hydrogen) atoms. The first-order chi connectivity index (χ1) is 26.2. The average Bonchev–Trinajstić information content (AvgIpc) is 4.00. The van der Waals surface area contributed by atoms with Crippen LogP contribution in [0.5, 0.6) is 11.5 Å². The van der Waals surface area contributed by atoms with E-state index in [2.05, 4.69) is 94.2 Å². The second-order valence-electron chi connectivity index (χ2n) is 13.5. The average molecular weight is 880 g/mol. The maximum atomic E-state index is 6.85. The van der Waals surface area contributed by atoms with Crippen molar-refractivity contribution >= 4 is 84.0 Å². The summed E-state index contributed by atoms with van der Waals surface area (Å²) in [6.45, 7) is 2.07. The summed E-state index contributed by atoms with van der Waals surface area (Å²) in [6, 6.07) is 48.1. The molecule has 3 aromatic heterocycles. The van der Waals surface area contributed by atoms with Crippen molar-refractivity contribution in [2.24, 2.45) is 4.99 Å². The minimum absolute atomic E-state index is 0. The zero-order valence-corrected chi connectivity index (χ0v) is 30.8. The molecule has 0 saturated carbocycles. The Labute approximate surface area is 323 Å². The molecule has 0 aliphatic carbocycles. The van der Waals surface area contributed by atoms with E-state index in [0.29, 0.717) is 17.1 Å². The van der Waals surface area contributed by atoms with Gasteiger partial charge in [-0.15, -0.1) is 29.8 Å². The molecule has 3 aliphatic heterocycles. The second-order valence-corrected chi connectivity index (χ2v) is 13.5. The number of hydrogen-bond donors (Lipinski definition) is 0. The number of furan rings is 2. The number of aliphatic imine (C=N–C) groups is 1. The number of benzene rings is 6. The van der Waals surface area contributed by atoms with Gasteiger partial charge in [0.05, 0.1) is 22.4 Å². The molecule has 0 bridgehead atoms. The van der Waals surface area contributed by atoms with Gasteiger partial charge in [-0.2, -0.15) is 12.7 Å². The van der Waals surface area contributed by atoms with Crippen molar-refractivity contribution in [3.05, 3.63) is 157 Å². The fourth-order valence-electron chi connectivity index (χ4n) is 8.24. The van der Waals surface area contributed by atoms with Crippen molar-refractivity contribution in [1.82, 2.24) is 4.98 Å². The number of aromatic nitrogens is 1. The third kappa shape index (κ3) is 4.34. The maximum absolute atomic E-state index is 6.85. The van der Waals surface area contributed by atoms with Crippen LogP contribution in [-0.4, -0.2) is 17.9 Å². The molecular formula is C45H26N5O3Pt-3. The number of fused-ring (bicyclic) bond motifs is 13. The van der Waals surface area contributed by atoms with Gasteiger partial charge >= 0.3 is 0 Å². The molecule has 3 aliphatic rings. The number of ether oxygens (including phenoxy) is 1. The fraction of sp³-hybridized carbons (Fsp3) is 0.0444. The smallest absolute Gasteiger partial charge is 0.139 e. The van der Waals surface area contributed by atoms with Gasteiger partial charge in [0.2, 0.25) is 0 Å². The normalized spacial score (nSPS) is 15.5. The van der Waals surface area contributed by atoms with Crippen molar-refractivity contribution in [3.63, 3.8) is 0 Å². The van der Waals surface area contributed by atoms with Crippen LogP contribution < -0.4 is 19.4 Å². The Morgan fingerprint density at radius 3 is 2.46 bits per heavy atom. The largest absolute Gasteiger partial charge is 0.511 e. The van der Waals surface area contributed by atoms with E-state index in [0.717, 1.165) is 83.9 Å². The first-order valence-corrected chi connectivity index (χ1v) is 17.5. The van der Waals surface area contributed by atoms with Gasteiger partial charge in [-0.3, -0.25) is 0 Å². The van der Waals surface area contributed by atoms with Crippen molar-refractivity contribution in [2.75, 3.05) is 21.7 Å². The first-order valence-electron chi connectivity index (χ1n) is 17.5. The van der Waals surface area contributed by atoms with Crippen LogP contribution in [-0.2, 0) is 21.1 Å². The zero-order chi connectivity index (χ0) is 34.8. The van der Waals surface area contributed by atoms with E-state index in [9.17, 15) is 0 Å². The fourth-order valence-corrected chi connectivity index (χ4v) is 8.24. The molecule has 0 radical (unpaired) electrons. The molecule has 1 atom stereocenters. The van der Waals surface area contributed by atoms with Crippen LogP contribution in [0.4, 0.5) is 34.3 Å². The van der Waals surface area contributed by atoms with Crippen LogP contribution in [0.25, 0.3) is 43.9 Å². The molecule has 0 amide bonds.